The van der Waals surface area contributed by atoms with Crippen LogP contribution in [-0.4, -0.2) is 64.5 Å². The quantitative estimate of drug-likeness (QED) is 0.786. The van der Waals surface area contributed by atoms with Gasteiger partial charge in [0.05, 0.1) is 0 Å². The molecule has 1 aromatic heterocycles. The van der Waals surface area contributed by atoms with E-state index in [-0.39, 0.29) is 17.7 Å². The number of carbonyl (C=O) groups excluding carboxylic acids is 2. The Morgan fingerprint density at radius 3 is 2.33 bits per heavy atom. The second-order valence-electron chi connectivity index (χ2n) is 7.91. The highest BCUT2D eigenvalue weighted by atomic mass is 16.5. The van der Waals surface area contributed by atoms with Crippen LogP contribution in [0.5, 0.6) is 0 Å². The van der Waals surface area contributed by atoms with E-state index in [1.165, 1.54) is 0 Å². The van der Waals surface area contributed by atoms with E-state index in [0.717, 1.165) is 56.8 Å². The highest BCUT2D eigenvalue weighted by molar-refractivity contribution is 5.79. The van der Waals surface area contributed by atoms with E-state index in [1.54, 1.807) is 14.0 Å². The number of nitrogens with zero attached hydrogens (tertiary/aromatic N) is 4. The summed E-state index contributed by atoms with van der Waals surface area (Å²) >= 11 is 0. The van der Waals surface area contributed by atoms with E-state index in [4.69, 9.17) is 4.74 Å². The minimum absolute atomic E-state index is 0.0846. The first-order valence-corrected chi connectivity index (χ1v) is 10.0. The van der Waals surface area contributed by atoms with Crippen molar-refractivity contribution in [2.24, 2.45) is 11.8 Å². The van der Waals surface area contributed by atoms with Crippen LogP contribution in [0.4, 0.5) is 0 Å². The van der Waals surface area contributed by atoms with Gasteiger partial charge in [-0.15, -0.1) is 0 Å². The third kappa shape index (κ3) is 4.69. The maximum Gasteiger partial charge on any atom is 0.225 e. The molecule has 7 nitrogen and oxygen atoms in total. The Morgan fingerprint density at radius 1 is 1.11 bits per heavy atom. The second-order valence-corrected chi connectivity index (χ2v) is 7.91. The number of rotatable bonds is 5. The van der Waals surface area contributed by atoms with Crippen molar-refractivity contribution in [1.82, 2.24) is 19.4 Å². The molecular formula is C20H32N4O3. The highest BCUT2D eigenvalue weighted by Gasteiger charge is 2.31. The summed E-state index contributed by atoms with van der Waals surface area (Å²) in [7, 11) is 1.69. The van der Waals surface area contributed by atoms with Crippen LogP contribution in [0.3, 0.4) is 0 Å². The third-order valence-corrected chi connectivity index (χ3v) is 6.07. The SMILES string of the molecule is COCc1ncc(C)n1CC1CCN(C(=O)C2CCN(C(C)=O)CC2)CC1. The van der Waals surface area contributed by atoms with E-state index < -0.39 is 0 Å². The summed E-state index contributed by atoms with van der Waals surface area (Å²) in [6.07, 6.45) is 5.56. The Labute approximate surface area is 161 Å². The molecule has 2 fully saturated rings. The fourth-order valence-electron chi connectivity index (χ4n) is 4.30. The van der Waals surface area contributed by atoms with E-state index in [2.05, 4.69) is 16.5 Å². The standard InChI is InChI=1S/C20H32N4O3/c1-15-12-21-19(14-27-3)24(15)13-17-4-8-23(9-5-17)20(26)18-6-10-22(11-7-18)16(2)25/h12,17-18H,4-11,13-14H2,1-3H3. The van der Waals surface area contributed by atoms with Crippen LogP contribution in [0.15, 0.2) is 6.20 Å². The number of aromatic nitrogens is 2. The Balaban J connectivity index is 1.48. The van der Waals surface area contributed by atoms with Crippen LogP contribution in [-0.2, 0) is 27.5 Å². The zero-order chi connectivity index (χ0) is 19.4. The van der Waals surface area contributed by atoms with Crippen molar-refractivity contribution in [2.45, 2.75) is 52.7 Å². The Kier molecular flexibility index (Phi) is 6.52. The number of amides is 2. The van der Waals surface area contributed by atoms with Crippen molar-refractivity contribution in [1.29, 1.82) is 0 Å². The number of imidazole rings is 1. The monoisotopic (exact) mass is 376 g/mol. The lowest BCUT2D eigenvalue weighted by molar-refractivity contribution is -0.141. The van der Waals surface area contributed by atoms with Crippen LogP contribution in [0.25, 0.3) is 0 Å². The van der Waals surface area contributed by atoms with Crippen LogP contribution >= 0.6 is 0 Å². The zero-order valence-electron chi connectivity index (χ0n) is 16.8. The molecule has 0 spiro atoms. The summed E-state index contributed by atoms with van der Waals surface area (Å²) in [5.41, 5.74) is 1.16. The Morgan fingerprint density at radius 2 is 1.74 bits per heavy atom. The van der Waals surface area contributed by atoms with E-state index >= 15 is 0 Å². The van der Waals surface area contributed by atoms with Gasteiger partial charge in [-0.2, -0.15) is 0 Å². The predicted octanol–water partition coefficient (Wildman–Crippen LogP) is 1.84. The Bertz CT molecular complexity index is 656. The average Bonchev–Trinajstić information content (AvgIpc) is 3.02. The fourth-order valence-corrected chi connectivity index (χ4v) is 4.30. The lowest BCUT2D eigenvalue weighted by Gasteiger charge is -2.37. The topological polar surface area (TPSA) is 67.7 Å². The lowest BCUT2D eigenvalue weighted by atomic mass is 9.92. The van der Waals surface area contributed by atoms with Crippen molar-refractivity contribution in [3.63, 3.8) is 0 Å². The first kappa shape index (κ1) is 19.9. The van der Waals surface area contributed by atoms with Crippen LogP contribution in [0, 0.1) is 18.8 Å². The van der Waals surface area contributed by atoms with Gasteiger partial charge in [0.1, 0.15) is 12.4 Å². The van der Waals surface area contributed by atoms with Crippen molar-refractivity contribution in [3.8, 4) is 0 Å². The van der Waals surface area contributed by atoms with E-state index in [1.807, 2.05) is 16.0 Å². The number of ether oxygens (including phenoxy) is 1. The first-order chi connectivity index (χ1) is 13.0. The molecule has 0 atom stereocenters. The number of hydrogen-bond acceptors (Lipinski definition) is 4. The summed E-state index contributed by atoms with van der Waals surface area (Å²) in [5.74, 6) is 2.03. The van der Waals surface area contributed by atoms with Gasteiger partial charge in [-0.25, -0.2) is 4.98 Å². The Hall–Kier alpha value is -1.89. The number of likely N-dealkylation sites (tertiary alicyclic amines) is 2. The molecule has 0 aromatic carbocycles. The largest absolute Gasteiger partial charge is 0.377 e. The molecule has 0 unspecified atom stereocenters. The second kappa shape index (κ2) is 8.87. The normalized spacial score (nSPS) is 19.5. The molecule has 2 aliphatic rings. The van der Waals surface area contributed by atoms with Gasteiger partial charge in [0, 0.05) is 64.6 Å². The summed E-state index contributed by atoms with van der Waals surface area (Å²) in [5, 5.41) is 0. The molecule has 0 bridgehead atoms. The summed E-state index contributed by atoms with van der Waals surface area (Å²) in [6, 6.07) is 0. The summed E-state index contributed by atoms with van der Waals surface area (Å²) in [6.45, 7) is 8.27. The molecule has 7 heteroatoms. The molecule has 1 aromatic rings. The van der Waals surface area contributed by atoms with Crippen molar-refractivity contribution < 1.29 is 14.3 Å². The number of piperidine rings is 2. The summed E-state index contributed by atoms with van der Waals surface area (Å²) in [4.78, 5) is 32.6. The maximum absolute atomic E-state index is 12.8. The van der Waals surface area contributed by atoms with Gasteiger partial charge >= 0.3 is 0 Å². The van der Waals surface area contributed by atoms with Crippen molar-refractivity contribution in [3.05, 3.63) is 17.7 Å². The van der Waals surface area contributed by atoms with Crippen molar-refractivity contribution >= 4 is 11.8 Å². The minimum atomic E-state index is 0.0846. The van der Waals surface area contributed by atoms with Gasteiger partial charge in [0.25, 0.3) is 0 Å². The molecule has 2 aliphatic heterocycles. The number of methoxy groups -OCH3 is 1. The van der Waals surface area contributed by atoms with Crippen LogP contribution in [0.2, 0.25) is 0 Å². The fraction of sp³-hybridized carbons (Fsp3) is 0.750. The molecule has 0 radical (unpaired) electrons. The minimum Gasteiger partial charge on any atom is -0.377 e. The molecule has 0 N–H and O–H groups in total. The van der Waals surface area contributed by atoms with Gasteiger partial charge in [-0.05, 0) is 38.5 Å². The molecule has 0 aliphatic carbocycles. The lowest BCUT2D eigenvalue weighted by Crippen LogP contribution is -2.46. The molecule has 2 amide bonds. The van der Waals surface area contributed by atoms with Gasteiger partial charge in [0.2, 0.25) is 11.8 Å². The predicted molar refractivity (Wildman–Crippen MR) is 102 cm³/mol. The number of carbonyl (C=O) groups is 2. The number of hydrogen-bond donors (Lipinski definition) is 0. The molecule has 150 valence electrons. The third-order valence-electron chi connectivity index (χ3n) is 6.07. The smallest absolute Gasteiger partial charge is 0.225 e. The van der Waals surface area contributed by atoms with Crippen LogP contribution < -0.4 is 0 Å². The summed E-state index contributed by atoms with van der Waals surface area (Å²) < 4.78 is 7.50. The molecule has 3 rings (SSSR count). The molecular weight excluding hydrogens is 344 g/mol. The van der Waals surface area contributed by atoms with Crippen LogP contribution in [0.1, 0.15) is 44.1 Å². The average molecular weight is 377 g/mol. The first-order valence-electron chi connectivity index (χ1n) is 10.0. The van der Waals surface area contributed by atoms with Gasteiger partial charge in [-0.1, -0.05) is 0 Å². The molecule has 27 heavy (non-hydrogen) atoms. The zero-order valence-corrected chi connectivity index (χ0v) is 16.8. The van der Waals surface area contributed by atoms with Gasteiger partial charge in [-0.3, -0.25) is 9.59 Å². The van der Waals surface area contributed by atoms with E-state index in [0.29, 0.717) is 25.6 Å². The van der Waals surface area contributed by atoms with Gasteiger partial charge in [0.15, 0.2) is 0 Å². The maximum atomic E-state index is 12.8. The van der Waals surface area contributed by atoms with E-state index in [9.17, 15) is 9.59 Å². The van der Waals surface area contributed by atoms with Gasteiger partial charge < -0.3 is 19.1 Å². The van der Waals surface area contributed by atoms with Crippen molar-refractivity contribution in [2.75, 3.05) is 33.3 Å². The number of aryl methyl sites for hydroxylation is 1. The molecule has 3 heterocycles. The molecule has 0 saturated carbocycles. The molecule has 2 saturated heterocycles. The highest BCUT2D eigenvalue weighted by Crippen LogP contribution is 2.25.